The van der Waals surface area contributed by atoms with Gasteiger partial charge in [0.05, 0.1) is 25.2 Å². The Morgan fingerprint density at radius 3 is 2.48 bits per heavy atom. The number of methoxy groups -OCH3 is 2. The number of ether oxygens (including phenoxy) is 3. The number of halogens is 1. The number of hydrogen-bond donors (Lipinski definition) is 3. The molecule has 0 aliphatic heterocycles. The molecule has 3 atom stereocenters. The van der Waals surface area contributed by atoms with Crippen LogP contribution in [-0.2, 0) is 16.0 Å². The predicted octanol–water partition coefficient (Wildman–Crippen LogP) is 3.58. The van der Waals surface area contributed by atoms with E-state index in [0.29, 0.717) is 35.7 Å². The molecule has 0 bridgehead atoms. The zero-order valence-electron chi connectivity index (χ0n) is 21.0. The fraction of sp³-hybridized carbons (Fsp3) is 0.720. The quantitative estimate of drug-likeness (QED) is 0.158. The number of nitrogens with two attached hydrogens (primary N) is 1. The van der Waals surface area contributed by atoms with E-state index in [1.807, 2.05) is 32.0 Å². The maximum absolute atomic E-state index is 12.3. The molecule has 0 aliphatic carbocycles. The second kappa shape index (κ2) is 15.0. The highest BCUT2D eigenvalue weighted by Crippen LogP contribution is 2.31. The summed E-state index contributed by atoms with van der Waals surface area (Å²) >= 11 is 2.20. The summed E-state index contributed by atoms with van der Waals surface area (Å²) in [6, 6.07) is 5.57. The minimum atomic E-state index is -0.796. The second-order valence-corrected chi connectivity index (χ2v) is 10.3. The maximum Gasteiger partial charge on any atom is 0.226 e. The van der Waals surface area contributed by atoms with E-state index < -0.39 is 17.6 Å². The van der Waals surface area contributed by atoms with Crippen LogP contribution in [0.4, 0.5) is 0 Å². The number of alkyl halides is 1. The summed E-state index contributed by atoms with van der Waals surface area (Å²) in [5.74, 6) is 2.00. The van der Waals surface area contributed by atoms with Crippen molar-refractivity contribution < 1.29 is 24.1 Å². The van der Waals surface area contributed by atoms with Crippen molar-refractivity contribution in [3.63, 3.8) is 0 Å². The lowest BCUT2D eigenvalue weighted by atomic mass is 9.83. The third kappa shape index (κ3) is 10.4. The van der Waals surface area contributed by atoms with Crippen LogP contribution in [0.15, 0.2) is 18.2 Å². The molecule has 1 amide bonds. The molecule has 0 radical (unpaired) electrons. The molecule has 0 heterocycles. The van der Waals surface area contributed by atoms with Gasteiger partial charge in [0.1, 0.15) is 0 Å². The van der Waals surface area contributed by atoms with E-state index >= 15 is 0 Å². The number of benzene rings is 1. The van der Waals surface area contributed by atoms with Gasteiger partial charge in [0.2, 0.25) is 5.91 Å². The normalized spacial score (nSPS) is 14.6. The Balaban J connectivity index is 2.76. The van der Waals surface area contributed by atoms with Crippen molar-refractivity contribution in [2.75, 3.05) is 38.4 Å². The molecule has 0 aliphatic rings. The Labute approximate surface area is 213 Å². The van der Waals surface area contributed by atoms with Crippen LogP contribution in [0.1, 0.15) is 46.1 Å². The van der Waals surface area contributed by atoms with Crippen LogP contribution < -0.4 is 20.5 Å². The number of hydrogen-bond acceptors (Lipinski definition) is 6. The zero-order valence-corrected chi connectivity index (χ0v) is 23.2. The first kappa shape index (κ1) is 29.9. The molecule has 0 fully saturated rings. The summed E-state index contributed by atoms with van der Waals surface area (Å²) in [7, 11) is 3.31. The molecule has 1 aromatic rings. The number of rotatable bonds is 16. The standard InChI is InChI=1S/C25H43IN2O5/c1-17(2)19(14-20(27)21(29)15-28-24(30)25(3,4)16-26)12-18-8-9-22(32-6)23(13-18)33-11-7-10-31-5/h8-9,13,17,19-21,29H,7,10-12,14-16,27H2,1-6H3,(H,28,30)/t19-,20-,21-/m0/s1. The molecule has 0 saturated heterocycles. The Morgan fingerprint density at radius 2 is 1.91 bits per heavy atom. The summed E-state index contributed by atoms with van der Waals surface area (Å²) in [5, 5.41) is 13.4. The van der Waals surface area contributed by atoms with Crippen molar-refractivity contribution in [2.24, 2.45) is 23.0 Å². The number of aliphatic hydroxyl groups is 1. The van der Waals surface area contributed by atoms with E-state index in [0.717, 1.165) is 24.2 Å². The lowest BCUT2D eigenvalue weighted by molar-refractivity contribution is -0.128. The van der Waals surface area contributed by atoms with Crippen molar-refractivity contribution in [3.8, 4) is 11.5 Å². The maximum atomic E-state index is 12.3. The third-order valence-corrected chi connectivity index (χ3v) is 7.82. The molecule has 0 unspecified atom stereocenters. The molecule has 0 saturated carbocycles. The molecule has 4 N–H and O–H groups in total. The van der Waals surface area contributed by atoms with Gasteiger partial charge in [-0.25, -0.2) is 0 Å². The lowest BCUT2D eigenvalue weighted by Gasteiger charge is -2.28. The van der Waals surface area contributed by atoms with Gasteiger partial charge >= 0.3 is 0 Å². The molecule has 190 valence electrons. The zero-order chi connectivity index (χ0) is 25.0. The van der Waals surface area contributed by atoms with Crippen molar-refractivity contribution >= 4 is 28.5 Å². The summed E-state index contributed by atoms with van der Waals surface area (Å²) in [6.45, 7) is 9.47. The average Bonchev–Trinajstić information content (AvgIpc) is 2.79. The van der Waals surface area contributed by atoms with Crippen LogP contribution in [0, 0.1) is 17.3 Å². The number of amides is 1. The van der Waals surface area contributed by atoms with Gasteiger partial charge in [0, 0.05) is 37.2 Å². The predicted molar refractivity (Wildman–Crippen MR) is 141 cm³/mol. The van der Waals surface area contributed by atoms with Crippen LogP contribution in [0.2, 0.25) is 0 Å². The monoisotopic (exact) mass is 578 g/mol. The Kier molecular flexibility index (Phi) is 13.6. The first-order chi connectivity index (χ1) is 15.5. The first-order valence-corrected chi connectivity index (χ1v) is 13.1. The highest BCUT2D eigenvalue weighted by Gasteiger charge is 2.28. The van der Waals surface area contributed by atoms with Crippen LogP contribution in [0.5, 0.6) is 11.5 Å². The van der Waals surface area contributed by atoms with Crippen LogP contribution in [0.25, 0.3) is 0 Å². The van der Waals surface area contributed by atoms with E-state index in [1.54, 1.807) is 14.2 Å². The molecule has 1 rings (SSSR count). The second-order valence-electron chi connectivity index (χ2n) is 9.58. The minimum absolute atomic E-state index is 0.0696. The van der Waals surface area contributed by atoms with Gasteiger partial charge in [-0.15, -0.1) is 0 Å². The topological polar surface area (TPSA) is 103 Å². The fourth-order valence-corrected chi connectivity index (χ4v) is 3.74. The van der Waals surface area contributed by atoms with E-state index in [-0.39, 0.29) is 18.4 Å². The molecular formula is C25H43IN2O5. The van der Waals surface area contributed by atoms with Crippen molar-refractivity contribution in [1.82, 2.24) is 5.32 Å². The van der Waals surface area contributed by atoms with Crippen LogP contribution in [-0.4, -0.2) is 61.6 Å². The highest BCUT2D eigenvalue weighted by atomic mass is 127. The van der Waals surface area contributed by atoms with Gasteiger partial charge in [0.25, 0.3) is 0 Å². The van der Waals surface area contributed by atoms with Gasteiger partial charge in [0.15, 0.2) is 11.5 Å². The van der Waals surface area contributed by atoms with Gasteiger partial charge in [-0.3, -0.25) is 4.79 Å². The van der Waals surface area contributed by atoms with Gasteiger partial charge in [-0.2, -0.15) is 0 Å². The Bertz CT molecular complexity index is 714. The number of aliphatic hydroxyl groups excluding tert-OH is 1. The summed E-state index contributed by atoms with van der Waals surface area (Å²) in [5.41, 5.74) is 7.01. The van der Waals surface area contributed by atoms with Gasteiger partial charge < -0.3 is 30.4 Å². The minimum Gasteiger partial charge on any atom is -0.493 e. The van der Waals surface area contributed by atoms with Gasteiger partial charge in [-0.05, 0) is 42.4 Å². The Morgan fingerprint density at radius 1 is 1.21 bits per heavy atom. The first-order valence-electron chi connectivity index (χ1n) is 11.6. The van der Waals surface area contributed by atoms with Crippen molar-refractivity contribution in [3.05, 3.63) is 23.8 Å². The largest absolute Gasteiger partial charge is 0.493 e. The van der Waals surface area contributed by atoms with Gasteiger partial charge in [-0.1, -0.05) is 56.4 Å². The molecule has 7 nitrogen and oxygen atoms in total. The van der Waals surface area contributed by atoms with E-state index in [9.17, 15) is 9.90 Å². The lowest BCUT2D eigenvalue weighted by Crippen LogP contribution is -2.47. The molecule has 8 heteroatoms. The number of carbonyl (C=O) groups excluding carboxylic acids is 1. The van der Waals surface area contributed by atoms with E-state index in [4.69, 9.17) is 19.9 Å². The summed E-state index contributed by atoms with van der Waals surface area (Å²) < 4.78 is 17.1. The van der Waals surface area contributed by atoms with Crippen molar-refractivity contribution in [2.45, 2.75) is 59.1 Å². The smallest absolute Gasteiger partial charge is 0.226 e. The van der Waals surface area contributed by atoms with E-state index in [1.165, 1.54) is 0 Å². The molecular weight excluding hydrogens is 535 g/mol. The third-order valence-electron chi connectivity index (χ3n) is 5.91. The molecule has 0 aromatic heterocycles. The summed E-state index contributed by atoms with van der Waals surface area (Å²) in [6.07, 6.45) is 1.47. The highest BCUT2D eigenvalue weighted by molar-refractivity contribution is 14.1. The van der Waals surface area contributed by atoms with Crippen LogP contribution >= 0.6 is 22.6 Å². The SMILES string of the molecule is COCCCOc1cc(C[C@@H](C[C@H](N)[C@@H](O)CNC(=O)C(C)(C)CI)C(C)C)ccc1OC. The number of carbonyl (C=O) groups is 1. The number of nitrogens with one attached hydrogen (secondary N) is 1. The molecule has 0 spiro atoms. The Hall–Kier alpha value is -1.10. The molecule has 1 aromatic carbocycles. The molecule has 33 heavy (non-hydrogen) atoms. The van der Waals surface area contributed by atoms with Crippen LogP contribution in [0.3, 0.4) is 0 Å². The van der Waals surface area contributed by atoms with Crippen molar-refractivity contribution in [1.29, 1.82) is 0 Å². The van der Waals surface area contributed by atoms with E-state index in [2.05, 4.69) is 41.8 Å². The fourth-order valence-electron chi connectivity index (χ4n) is 3.40. The average molecular weight is 579 g/mol. The summed E-state index contributed by atoms with van der Waals surface area (Å²) in [4.78, 5) is 12.3.